The molecule has 6 heteroatoms. The van der Waals surface area contributed by atoms with Gasteiger partial charge < -0.3 is 9.84 Å². The number of hydrogen-bond donors (Lipinski definition) is 1. The number of benzene rings is 1. The Labute approximate surface area is 96.0 Å². The third-order valence-electron chi connectivity index (χ3n) is 2.04. The van der Waals surface area contributed by atoms with E-state index in [9.17, 15) is 13.6 Å². The SMILES string of the molecule is N#CCCc1ccc(OC(F)F)cc1C(=O)O. The number of nitrogens with zero attached hydrogens (tertiary/aromatic N) is 1. The molecular weight excluding hydrogens is 232 g/mol. The smallest absolute Gasteiger partial charge is 0.387 e. The first kappa shape index (κ1) is 12.9. The maximum absolute atomic E-state index is 11.9. The van der Waals surface area contributed by atoms with Crippen molar-refractivity contribution in [2.75, 3.05) is 0 Å². The molecule has 0 aliphatic rings. The van der Waals surface area contributed by atoms with Crippen LogP contribution >= 0.6 is 0 Å². The van der Waals surface area contributed by atoms with Crippen molar-refractivity contribution in [2.24, 2.45) is 0 Å². The second-order valence-electron chi connectivity index (χ2n) is 3.16. The molecule has 4 nitrogen and oxygen atoms in total. The minimum atomic E-state index is -3.00. The first-order valence-electron chi connectivity index (χ1n) is 4.72. The number of hydrogen-bond acceptors (Lipinski definition) is 3. The molecule has 17 heavy (non-hydrogen) atoms. The maximum atomic E-state index is 11.9. The average Bonchev–Trinajstić information content (AvgIpc) is 2.26. The minimum Gasteiger partial charge on any atom is -0.478 e. The topological polar surface area (TPSA) is 70.3 Å². The van der Waals surface area contributed by atoms with Gasteiger partial charge in [0.15, 0.2) is 0 Å². The van der Waals surface area contributed by atoms with Crippen molar-refractivity contribution in [3.05, 3.63) is 29.3 Å². The quantitative estimate of drug-likeness (QED) is 0.859. The van der Waals surface area contributed by atoms with Gasteiger partial charge in [-0.05, 0) is 24.1 Å². The first-order chi connectivity index (χ1) is 8.04. The Morgan fingerprint density at radius 2 is 2.24 bits per heavy atom. The zero-order valence-corrected chi connectivity index (χ0v) is 8.69. The normalized spacial score (nSPS) is 10.0. The van der Waals surface area contributed by atoms with E-state index in [1.54, 1.807) is 0 Å². The summed E-state index contributed by atoms with van der Waals surface area (Å²) in [5.74, 6) is -1.45. The van der Waals surface area contributed by atoms with Crippen molar-refractivity contribution < 1.29 is 23.4 Å². The predicted molar refractivity (Wildman–Crippen MR) is 54.0 cm³/mol. The monoisotopic (exact) mass is 241 g/mol. The van der Waals surface area contributed by atoms with E-state index in [2.05, 4.69) is 4.74 Å². The third-order valence-corrected chi connectivity index (χ3v) is 2.04. The zero-order chi connectivity index (χ0) is 12.8. The summed E-state index contributed by atoms with van der Waals surface area (Å²) in [4.78, 5) is 10.9. The van der Waals surface area contributed by atoms with Gasteiger partial charge in [-0.2, -0.15) is 14.0 Å². The van der Waals surface area contributed by atoms with Crippen LogP contribution in [0.25, 0.3) is 0 Å². The van der Waals surface area contributed by atoms with E-state index in [0.29, 0.717) is 5.56 Å². The Morgan fingerprint density at radius 3 is 2.76 bits per heavy atom. The van der Waals surface area contributed by atoms with Crippen LogP contribution in [0.4, 0.5) is 8.78 Å². The number of carbonyl (C=O) groups is 1. The van der Waals surface area contributed by atoms with E-state index in [1.807, 2.05) is 6.07 Å². The molecule has 0 heterocycles. The molecule has 0 saturated heterocycles. The second-order valence-corrected chi connectivity index (χ2v) is 3.16. The van der Waals surface area contributed by atoms with Crippen molar-refractivity contribution in [3.8, 4) is 11.8 Å². The van der Waals surface area contributed by atoms with Crippen LogP contribution in [0.15, 0.2) is 18.2 Å². The molecule has 1 rings (SSSR count). The molecule has 0 amide bonds. The molecule has 0 spiro atoms. The number of rotatable bonds is 5. The van der Waals surface area contributed by atoms with Gasteiger partial charge >= 0.3 is 12.6 Å². The summed E-state index contributed by atoms with van der Waals surface area (Å²) in [6.07, 6.45) is 0.419. The number of alkyl halides is 2. The highest BCUT2D eigenvalue weighted by Gasteiger charge is 2.13. The van der Waals surface area contributed by atoms with Gasteiger partial charge in [0.25, 0.3) is 0 Å². The van der Waals surface area contributed by atoms with Crippen LogP contribution < -0.4 is 4.74 Å². The van der Waals surface area contributed by atoms with E-state index < -0.39 is 12.6 Å². The van der Waals surface area contributed by atoms with E-state index in [-0.39, 0.29) is 24.2 Å². The van der Waals surface area contributed by atoms with Crippen LogP contribution in [0.3, 0.4) is 0 Å². The molecule has 90 valence electrons. The summed E-state index contributed by atoms with van der Waals surface area (Å²) in [5.41, 5.74) is 0.291. The molecular formula is C11H9F2NO3. The number of halogens is 2. The molecule has 1 aromatic carbocycles. The lowest BCUT2D eigenvalue weighted by Crippen LogP contribution is -2.06. The molecule has 0 aromatic heterocycles. The molecule has 0 aliphatic carbocycles. The Balaban J connectivity index is 3.00. The van der Waals surface area contributed by atoms with Gasteiger partial charge in [0.2, 0.25) is 0 Å². The molecule has 0 fully saturated rings. The van der Waals surface area contributed by atoms with Crippen LogP contribution in [0.5, 0.6) is 5.75 Å². The van der Waals surface area contributed by atoms with Gasteiger partial charge in [0.1, 0.15) is 5.75 Å². The first-order valence-corrected chi connectivity index (χ1v) is 4.72. The number of aromatic carboxylic acids is 1. The van der Waals surface area contributed by atoms with Gasteiger partial charge in [-0.25, -0.2) is 4.79 Å². The largest absolute Gasteiger partial charge is 0.478 e. The van der Waals surface area contributed by atoms with Gasteiger partial charge in [-0.3, -0.25) is 0 Å². The number of nitriles is 1. The Hall–Kier alpha value is -2.16. The lowest BCUT2D eigenvalue weighted by Gasteiger charge is -2.08. The van der Waals surface area contributed by atoms with Crippen molar-refractivity contribution in [2.45, 2.75) is 19.5 Å². The van der Waals surface area contributed by atoms with Gasteiger partial charge in [-0.15, -0.1) is 0 Å². The second kappa shape index (κ2) is 5.80. The third kappa shape index (κ3) is 3.72. The summed E-state index contributed by atoms with van der Waals surface area (Å²) in [6.45, 7) is -3.00. The molecule has 1 aromatic rings. The van der Waals surface area contributed by atoms with Crippen molar-refractivity contribution in [1.29, 1.82) is 5.26 Å². The summed E-state index contributed by atoms with van der Waals surface area (Å²) in [5, 5.41) is 17.3. The molecule has 1 N–H and O–H groups in total. The van der Waals surface area contributed by atoms with E-state index in [4.69, 9.17) is 10.4 Å². The van der Waals surface area contributed by atoms with Crippen molar-refractivity contribution in [1.82, 2.24) is 0 Å². The number of aryl methyl sites for hydroxylation is 1. The van der Waals surface area contributed by atoms with E-state index >= 15 is 0 Å². The number of ether oxygens (including phenoxy) is 1. The Morgan fingerprint density at radius 1 is 1.53 bits per heavy atom. The fraction of sp³-hybridized carbons (Fsp3) is 0.273. The van der Waals surface area contributed by atoms with Crippen LogP contribution in [-0.2, 0) is 6.42 Å². The van der Waals surface area contributed by atoms with Crippen molar-refractivity contribution >= 4 is 5.97 Å². The van der Waals surface area contributed by atoms with Gasteiger partial charge in [0, 0.05) is 6.42 Å². The highest BCUT2D eigenvalue weighted by molar-refractivity contribution is 5.89. The predicted octanol–water partition coefficient (Wildman–Crippen LogP) is 2.44. The number of carboxylic acids is 1. The highest BCUT2D eigenvalue weighted by atomic mass is 19.3. The molecule has 0 atom stereocenters. The standard InChI is InChI=1S/C11H9F2NO3/c12-11(13)17-8-4-3-7(2-1-5-14)9(6-8)10(15)16/h3-4,6,11H,1-2H2,(H,15,16). The molecule has 0 bridgehead atoms. The minimum absolute atomic E-state index is 0.126. The molecule has 0 aliphatic heterocycles. The van der Waals surface area contributed by atoms with Crippen LogP contribution in [0, 0.1) is 11.3 Å². The Bertz CT molecular complexity index is 455. The fourth-order valence-corrected chi connectivity index (χ4v) is 1.34. The van der Waals surface area contributed by atoms with Crippen molar-refractivity contribution in [3.63, 3.8) is 0 Å². The highest BCUT2D eigenvalue weighted by Crippen LogP contribution is 2.21. The van der Waals surface area contributed by atoms with Gasteiger partial charge in [-0.1, -0.05) is 6.07 Å². The lowest BCUT2D eigenvalue weighted by molar-refractivity contribution is -0.0499. The molecule has 0 radical (unpaired) electrons. The van der Waals surface area contributed by atoms with Crippen LogP contribution in [0.2, 0.25) is 0 Å². The summed E-state index contributed by atoms with van der Waals surface area (Å²) in [7, 11) is 0. The van der Waals surface area contributed by atoms with E-state index in [1.165, 1.54) is 12.1 Å². The lowest BCUT2D eigenvalue weighted by atomic mass is 10.0. The fourth-order valence-electron chi connectivity index (χ4n) is 1.34. The van der Waals surface area contributed by atoms with Gasteiger partial charge in [0.05, 0.1) is 11.6 Å². The molecule has 0 saturated carbocycles. The van der Waals surface area contributed by atoms with E-state index in [0.717, 1.165) is 6.07 Å². The average molecular weight is 241 g/mol. The summed E-state index contributed by atoms with van der Waals surface area (Å²) in [6, 6.07) is 5.54. The van der Waals surface area contributed by atoms with Crippen LogP contribution in [-0.4, -0.2) is 17.7 Å². The Kier molecular flexibility index (Phi) is 4.40. The zero-order valence-electron chi connectivity index (χ0n) is 8.69. The maximum Gasteiger partial charge on any atom is 0.387 e. The number of carboxylic acid groups (broad SMARTS) is 1. The summed E-state index contributed by atoms with van der Waals surface area (Å²) >= 11 is 0. The summed E-state index contributed by atoms with van der Waals surface area (Å²) < 4.78 is 28.0. The van der Waals surface area contributed by atoms with Crippen LogP contribution in [0.1, 0.15) is 22.3 Å². The molecule has 0 unspecified atom stereocenters.